The molecule has 3 heteroatoms. The Hall–Kier alpha value is -0.930. The topological polar surface area (TPSA) is 29.3 Å². The lowest BCUT2D eigenvalue weighted by atomic mass is 9.84. The first kappa shape index (κ1) is 13.5. The van der Waals surface area contributed by atoms with Crippen LogP contribution in [0.25, 0.3) is 0 Å². The number of nitrogens with two attached hydrogens (primary N) is 1. The molecule has 0 heterocycles. The van der Waals surface area contributed by atoms with Crippen molar-refractivity contribution in [1.82, 2.24) is 4.90 Å². The number of rotatable bonds is 5. The zero-order chi connectivity index (χ0) is 13.2. The highest BCUT2D eigenvalue weighted by Crippen LogP contribution is 2.30. The molecule has 2 nitrogen and oxygen atoms in total. The SMILES string of the molecule is CN(C1CCC1)C(C)(CN)Cc1cccc(F)c1. The minimum absolute atomic E-state index is 0.0844. The number of likely N-dealkylation sites (N-methyl/N-ethyl adjacent to an activating group) is 1. The molecule has 0 aliphatic heterocycles. The quantitative estimate of drug-likeness (QED) is 0.870. The van der Waals surface area contributed by atoms with E-state index in [1.165, 1.54) is 25.3 Å². The number of halogens is 1. The average molecular weight is 250 g/mol. The van der Waals surface area contributed by atoms with Crippen LogP contribution in [-0.2, 0) is 6.42 Å². The standard InChI is InChI=1S/C15H23FN2/c1-15(11-17,18(2)14-7-4-8-14)10-12-5-3-6-13(16)9-12/h3,5-6,9,14H,4,7-8,10-11,17H2,1-2H3. The molecule has 0 saturated heterocycles. The molecule has 1 fully saturated rings. The van der Waals surface area contributed by atoms with E-state index in [9.17, 15) is 4.39 Å². The maximum atomic E-state index is 13.2. The molecule has 1 aromatic carbocycles. The van der Waals surface area contributed by atoms with Crippen molar-refractivity contribution in [3.63, 3.8) is 0 Å². The van der Waals surface area contributed by atoms with Crippen LogP contribution in [0.2, 0.25) is 0 Å². The molecule has 0 amide bonds. The lowest BCUT2D eigenvalue weighted by Gasteiger charge is -2.46. The molecule has 1 aliphatic rings. The van der Waals surface area contributed by atoms with Crippen LogP contribution in [0.5, 0.6) is 0 Å². The summed E-state index contributed by atoms with van der Waals surface area (Å²) in [5.41, 5.74) is 6.91. The first-order valence-corrected chi connectivity index (χ1v) is 6.72. The molecule has 18 heavy (non-hydrogen) atoms. The fourth-order valence-electron chi connectivity index (χ4n) is 2.64. The minimum atomic E-state index is -0.168. The fraction of sp³-hybridized carbons (Fsp3) is 0.600. The molecule has 0 aromatic heterocycles. The highest BCUT2D eigenvalue weighted by molar-refractivity contribution is 5.19. The van der Waals surface area contributed by atoms with Crippen LogP contribution in [0.3, 0.4) is 0 Å². The summed E-state index contributed by atoms with van der Waals surface area (Å²) in [7, 11) is 2.15. The van der Waals surface area contributed by atoms with Gasteiger partial charge in [-0.1, -0.05) is 18.6 Å². The predicted molar refractivity (Wildman–Crippen MR) is 73.0 cm³/mol. The van der Waals surface area contributed by atoms with Crippen molar-refractivity contribution in [2.24, 2.45) is 5.73 Å². The molecule has 0 spiro atoms. The smallest absolute Gasteiger partial charge is 0.123 e. The summed E-state index contributed by atoms with van der Waals surface area (Å²) in [6, 6.07) is 7.49. The Morgan fingerprint density at radius 2 is 2.17 bits per heavy atom. The van der Waals surface area contributed by atoms with Crippen molar-refractivity contribution in [1.29, 1.82) is 0 Å². The molecular formula is C15H23FN2. The van der Waals surface area contributed by atoms with Crippen molar-refractivity contribution >= 4 is 0 Å². The van der Waals surface area contributed by atoms with E-state index in [0.29, 0.717) is 12.6 Å². The summed E-state index contributed by atoms with van der Waals surface area (Å²) >= 11 is 0. The Kier molecular flexibility index (Phi) is 4.03. The average Bonchev–Trinajstić information content (AvgIpc) is 2.26. The summed E-state index contributed by atoms with van der Waals surface area (Å²) in [4.78, 5) is 2.39. The van der Waals surface area contributed by atoms with Gasteiger partial charge in [0.05, 0.1) is 0 Å². The zero-order valence-corrected chi connectivity index (χ0v) is 11.3. The molecule has 1 aromatic rings. The van der Waals surface area contributed by atoms with E-state index in [1.54, 1.807) is 12.1 Å². The summed E-state index contributed by atoms with van der Waals surface area (Å²) in [5.74, 6) is -0.168. The Labute approximate surface area is 109 Å². The molecular weight excluding hydrogens is 227 g/mol. The maximum absolute atomic E-state index is 13.2. The molecule has 100 valence electrons. The van der Waals surface area contributed by atoms with Crippen molar-refractivity contribution in [2.75, 3.05) is 13.6 Å². The van der Waals surface area contributed by atoms with E-state index < -0.39 is 0 Å². The van der Waals surface area contributed by atoms with Gasteiger partial charge in [-0.15, -0.1) is 0 Å². The van der Waals surface area contributed by atoms with Crippen molar-refractivity contribution in [2.45, 2.75) is 44.2 Å². The number of hydrogen-bond donors (Lipinski definition) is 1. The number of hydrogen-bond acceptors (Lipinski definition) is 2. The highest BCUT2D eigenvalue weighted by Gasteiger charge is 2.35. The summed E-state index contributed by atoms with van der Waals surface area (Å²) in [6.45, 7) is 2.77. The van der Waals surface area contributed by atoms with Gasteiger partial charge in [-0.2, -0.15) is 0 Å². The first-order valence-electron chi connectivity index (χ1n) is 6.72. The van der Waals surface area contributed by atoms with Gasteiger partial charge in [0.25, 0.3) is 0 Å². The lowest BCUT2D eigenvalue weighted by Crippen LogP contribution is -2.57. The van der Waals surface area contributed by atoms with Crippen LogP contribution < -0.4 is 5.73 Å². The zero-order valence-electron chi connectivity index (χ0n) is 11.3. The second-order valence-electron chi connectivity index (χ2n) is 5.70. The second kappa shape index (κ2) is 5.37. The van der Waals surface area contributed by atoms with Crippen LogP contribution in [0.4, 0.5) is 4.39 Å². The number of nitrogens with zero attached hydrogens (tertiary/aromatic N) is 1. The summed E-state index contributed by atoms with van der Waals surface area (Å²) < 4.78 is 13.2. The van der Waals surface area contributed by atoms with Crippen LogP contribution in [0, 0.1) is 5.82 Å². The molecule has 2 rings (SSSR count). The van der Waals surface area contributed by atoms with Gasteiger partial charge >= 0.3 is 0 Å². The Bertz CT molecular complexity index is 403. The molecule has 1 unspecified atom stereocenters. The van der Waals surface area contributed by atoms with E-state index in [1.807, 2.05) is 6.07 Å². The van der Waals surface area contributed by atoms with Gasteiger partial charge in [-0.05, 0) is 50.9 Å². The van der Waals surface area contributed by atoms with E-state index in [0.717, 1.165) is 12.0 Å². The van der Waals surface area contributed by atoms with Crippen molar-refractivity contribution < 1.29 is 4.39 Å². The fourth-order valence-corrected chi connectivity index (χ4v) is 2.64. The van der Waals surface area contributed by atoms with E-state index in [-0.39, 0.29) is 11.4 Å². The van der Waals surface area contributed by atoms with Crippen LogP contribution in [0.1, 0.15) is 31.7 Å². The largest absolute Gasteiger partial charge is 0.329 e. The highest BCUT2D eigenvalue weighted by atomic mass is 19.1. The minimum Gasteiger partial charge on any atom is -0.329 e. The monoisotopic (exact) mass is 250 g/mol. The third-order valence-electron chi connectivity index (χ3n) is 4.39. The third kappa shape index (κ3) is 2.73. The molecule has 0 radical (unpaired) electrons. The van der Waals surface area contributed by atoms with Gasteiger partial charge in [-0.25, -0.2) is 4.39 Å². The molecule has 1 atom stereocenters. The molecule has 0 bridgehead atoms. The Morgan fingerprint density at radius 3 is 2.67 bits per heavy atom. The summed E-state index contributed by atoms with van der Waals surface area (Å²) in [5, 5.41) is 0. The maximum Gasteiger partial charge on any atom is 0.123 e. The first-order chi connectivity index (χ1) is 8.55. The van der Waals surface area contributed by atoms with Crippen LogP contribution >= 0.6 is 0 Å². The van der Waals surface area contributed by atoms with Crippen molar-refractivity contribution in [3.05, 3.63) is 35.6 Å². The molecule has 2 N–H and O–H groups in total. The van der Waals surface area contributed by atoms with Gasteiger partial charge < -0.3 is 5.73 Å². The van der Waals surface area contributed by atoms with Gasteiger partial charge in [0, 0.05) is 18.1 Å². The van der Waals surface area contributed by atoms with Crippen LogP contribution in [-0.4, -0.2) is 30.1 Å². The molecule has 1 aliphatic carbocycles. The third-order valence-corrected chi connectivity index (χ3v) is 4.39. The molecule has 1 saturated carbocycles. The van der Waals surface area contributed by atoms with Gasteiger partial charge in [0.1, 0.15) is 5.82 Å². The van der Waals surface area contributed by atoms with E-state index >= 15 is 0 Å². The van der Waals surface area contributed by atoms with E-state index in [2.05, 4.69) is 18.9 Å². The van der Waals surface area contributed by atoms with Crippen molar-refractivity contribution in [3.8, 4) is 0 Å². The van der Waals surface area contributed by atoms with Gasteiger partial charge in [-0.3, -0.25) is 4.90 Å². The normalized spacial score (nSPS) is 19.6. The summed E-state index contributed by atoms with van der Waals surface area (Å²) in [6.07, 6.45) is 4.63. The van der Waals surface area contributed by atoms with Gasteiger partial charge in [0.2, 0.25) is 0 Å². The van der Waals surface area contributed by atoms with Gasteiger partial charge in [0.15, 0.2) is 0 Å². The Balaban J connectivity index is 2.11. The second-order valence-corrected chi connectivity index (χ2v) is 5.70. The van der Waals surface area contributed by atoms with Crippen LogP contribution in [0.15, 0.2) is 24.3 Å². The predicted octanol–water partition coefficient (Wildman–Crippen LogP) is 2.57. The van der Waals surface area contributed by atoms with E-state index in [4.69, 9.17) is 5.73 Å². The number of benzene rings is 1. The lowest BCUT2D eigenvalue weighted by molar-refractivity contribution is 0.0499. The Morgan fingerprint density at radius 1 is 1.44 bits per heavy atom.